The van der Waals surface area contributed by atoms with Crippen molar-refractivity contribution >= 4 is 27.6 Å². The highest BCUT2D eigenvalue weighted by molar-refractivity contribution is 7.89. The zero-order chi connectivity index (χ0) is 20.7. The Labute approximate surface area is 170 Å². The van der Waals surface area contributed by atoms with Crippen molar-refractivity contribution in [3.8, 4) is 0 Å². The number of hydrogen-bond acceptors (Lipinski definition) is 5. The van der Waals surface area contributed by atoms with E-state index in [9.17, 15) is 13.2 Å². The van der Waals surface area contributed by atoms with Gasteiger partial charge < -0.3 is 16.0 Å². The van der Waals surface area contributed by atoms with Gasteiger partial charge in [-0.3, -0.25) is 14.8 Å². The number of anilines is 1. The molecule has 0 saturated carbocycles. The van der Waals surface area contributed by atoms with Gasteiger partial charge in [0.1, 0.15) is 4.90 Å². The van der Waals surface area contributed by atoms with Crippen LogP contribution in [0.15, 0.2) is 58.7 Å². The molecule has 1 aromatic carbocycles. The van der Waals surface area contributed by atoms with E-state index >= 15 is 0 Å². The molecule has 1 aromatic heterocycles. The molecule has 3 rings (SSSR count). The highest BCUT2D eigenvalue weighted by atomic mass is 32.2. The van der Waals surface area contributed by atoms with Gasteiger partial charge in [0.2, 0.25) is 15.9 Å². The lowest BCUT2D eigenvalue weighted by atomic mass is 9.90. The smallest absolute Gasteiger partial charge is 0.242 e. The molecule has 9 nitrogen and oxygen atoms in total. The zero-order valence-corrected chi connectivity index (χ0v) is 16.9. The number of rotatable bonds is 7. The van der Waals surface area contributed by atoms with E-state index in [1.165, 1.54) is 18.5 Å². The summed E-state index contributed by atoms with van der Waals surface area (Å²) >= 11 is 0. The van der Waals surface area contributed by atoms with Gasteiger partial charge in [-0.15, -0.1) is 0 Å². The van der Waals surface area contributed by atoms with E-state index in [1.807, 2.05) is 24.3 Å². The molecule has 0 bridgehead atoms. The fourth-order valence-electron chi connectivity index (χ4n) is 3.08. The Morgan fingerprint density at radius 1 is 1.21 bits per heavy atom. The zero-order valence-electron chi connectivity index (χ0n) is 16.1. The van der Waals surface area contributed by atoms with Gasteiger partial charge >= 0.3 is 0 Å². The van der Waals surface area contributed by atoms with Gasteiger partial charge in [0, 0.05) is 57.1 Å². The molecule has 1 amide bonds. The lowest BCUT2D eigenvalue weighted by Crippen LogP contribution is -2.43. The summed E-state index contributed by atoms with van der Waals surface area (Å²) in [6.07, 6.45) is 3.21. The third kappa shape index (κ3) is 5.52. The van der Waals surface area contributed by atoms with E-state index in [2.05, 4.69) is 30.6 Å². The maximum Gasteiger partial charge on any atom is 0.242 e. The maximum absolute atomic E-state index is 12.2. The molecule has 29 heavy (non-hydrogen) atoms. The van der Waals surface area contributed by atoms with Crippen LogP contribution < -0.4 is 20.7 Å². The minimum absolute atomic E-state index is 0.0109. The number of carbonyl (C=O) groups is 1. The van der Waals surface area contributed by atoms with Gasteiger partial charge in [-0.1, -0.05) is 18.2 Å². The molecule has 0 fully saturated rings. The number of fused-ring (bicyclic) bond motifs is 1. The van der Waals surface area contributed by atoms with Crippen LogP contribution in [0.25, 0.3) is 0 Å². The van der Waals surface area contributed by atoms with Gasteiger partial charge in [-0.05, 0) is 23.8 Å². The quantitative estimate of drug-likeness (QED) is 0.298. The molecule has 2 aromatic rings. The van der Waals surface area contributed by atoms with Crippen LogP contribution in [0.3, 0.4) is 0 Å². The molecule has 154 valence electrons. The number of para-hydroxylation sites is 1. The monoisotopic (exact) mass is 416 g/mol. The fourth-order valence-corrected chi connectivity index (χ4v) is 4.07. The van der Waals surface area contributed by atoms with E-state index in [0.29, 0.717) is 25.5 Å². The molecule has 2 heterocycles. The summed E-state index contributed by atoms with van der Waals surface area (Å²) in [5, 5.41) is 9.14. The molecule has 1 unspecified atom stereocenters. The van der Waals surface area contributed by atoms with Crippen molar-refractivity contribution in [2.75, 3.05) is 32.0 Å². The van der Waals surface area contributed by atoms with Gasteiger partial charge in [0.05, 0.1) is 0 Å². The molecule has 0 saturated heterocycles. The fraction of sp³-hybridized carbons (Fsp3) is 0.316. The molecular weight excluding hydrogens is 392 g/mol. The van der Waals surface area contributed by atoms with E-state index in [4.69, 9.17) is 0 Å². The van der Waals surface area contributed by atoms with Crippen LogP contribution in [-0.2, 0) is 14.8 Å². The van der Waals surface area contributed by atoms with Crippen molar-refractivity contribution in [2.45, 2.75) is 17.2 Å². The maximum atomic E-state index is 12.2. The largest absolute Gasteiger partial charge is 0.356 e. The van der Waals surface area contributed by atoms with Crippen LogP contribution in [0.4, 0.5) is 5.69 Å². The Bertz CT molecular complexity index is 978. The minimum Gasteiger partial charge on any atom is -0.356 e. The molecule has 1 aliphatic rings. The predicted octanol–water partition coefficient (Wildman–Crippen LogP) is 0.651. The third-order valence-corrected chi connectivity index (χ3v) is 5.95. The number of aliphatic imine (C=N–C) groups is 1. The van der Waals surface area contributed by atoms with Crippen LogP contribution in [0.5, 0.6) is 0 Å². The third-order valence-electron chi connectivity index (χ3n) is 4.50. The Morgan fingerprint density at radius 3 is 2.79 bits per heavy atom. The van der Waals surface area contributed by atoms with Crippen molar-refractivity contribution in [3.63, 3.8) is 0 Å². The van der Waals surface area contributed by atoms with Crippen molar-refractivity contribution < 1.29 is 13.2 Å². The Hall–Kier alpha value is -2.98. The Kier molecular flexibility index (Phi) is 6.78. The van der Waals surface area contributed by atoms with Crippen LogP contribution in [0.1, 0.15) is 17.9 Å². The molecule has 0 spiro atoms. The van der Waals surface area contributed by atoms with Crippen LogP contribution in [0, 0.1) is 0 Å². The highest BCUT2D eigenvalue weighted by Crippen LogP contribution is 2.31. The number of aromatic nitrogens is 1. The first kappa shape index (κ1) is 20.7. The number of nitrogens with zero attached hydrogens (tertiary/aromatic N) is 2. The number of amides is 1. The number of benzene rings is 1. The standard InChI is InChI=1S/C19H24N6O3S/c1-20-19(22-9-10-24-29(27,28)15-5-4-8-21-13-15)23-12-14-11-18(26)25-17-7-3-2-6-16(14)17/h2-8,13-14,24H,9-12H2,1H3,(H,25,26)(H2,20,22,23). The highest BCUT2D eigenvalue weighted by Gasteiger charge is 2.24. The van der Waals surface area contributed by atoms with Crippen LogP contribution in [0.2, 0.25) is 0 Å². The lowest BCUT2D eigenvalue weighted by molar-refractivity contribution is -0.116. The molecule has 0 radical (unpaired) electrons. The first-order chi connectivity index (χ1) is 14.0. The Morgan fingerprint density at radius 2 is 2.03 bits per heavy atom. The number of hydrogen-bond donors (Lipinski definition) is 4. The summed E-state index contributed by atoms with van der Waals surface area (Å²) in [4.78, 5) is 20.0. The first-order valence-corrected chi connectivity index (χ1v) is 10.7. The average molecular weight is 417 g/mol. The lowest BCUT2D eigenvalue weighted by Gasteiger charge is -2.26. The van der Waals surface area contributed by atoms with Gasteiger partial charge in [-0.25, -0.2) is 13.1 Å². The molecule has 0 aliphatic carbocycles. The van der Waals surface area contributed by atoms with Crippen molar-refractivity contribution in [2.24, 2.45) is 4.99 Å². The van der Waals surface area contributed by atoms with Crippen molar-refractivity contribution in [3.05, 3.63) is 54.4 Å². The number of guanidine groups is 1. The second-order valence-electron chi connectivity index (χ2n) is 6.50. The van der Waals surface area contributed by atoms with Crippen molar-refractivity contribution in [1.29, 1.82) is 0 Å². The van der Waals surface area contributed by atoms with Gasteiger partial charge in [0.15, 0.2) is 5.96 Å². The number of pyridine rings is 1. The Balaban J connectivity index is 1.48. The molecule has 4 N–H and O–H groups in total. The van der Waals surface area contributed by atoms with E-state index in [1.54, 1.807) is 13.1 Å². The number of nitrogens with one attached hydrogen (secondary N) is 4. The summed E-state index contributed by atoms with van der Waals surface area (Å²) in [5.74, 6) is 0.555. The van der Waals surface area contributed by atoms with Gasteiger partial charge in [0.25, 0.3) is 0 Å². The summed E-state index contributed by atoms with van der Waals surface area (Å²) < 4.78 is 26.8. The van der Waals surface area contributed by atoms with E-state index < -0.39 is 10.0 Å². The summed E-state index contributed by atoms with van der Waals surface area (Å²) in [6, 6.07) is 10.8. The summed E-state index contributed by atoms with van der Waals surface area (Å²) in [7, 11) is -1.96. The molecule has 1 aliphatic heterocycles. The second kappa shape index (κ2) is 9.48. The number of carbonyl (C=O) groups excluding carboxylic acids is 1. The van der Waals surface area contributed by atoms with E-state index in [-0.39, 0.29) is 23.3 Å². The van der Waals surface area contributed by atoms with Crippen molar-refractivity contribution in [1.82, 2.24) is 20.3 Å². The molecule has 1 atom stereocenters. The average Bonchev–Trinajstić information content (AvgIpc) is 2.73. The molecular formula is C19H24N6O3S. The van der Waals surface area contributed by atoms with E-state index in [0.717, 1.165) is 11.3 Å². The van der Waals surface area contributed by atoms with Crippen LogP contribution >= 0.6 is 0 Å². The predicted molar refractivity (Wildman–Crippen MR) is 111 cm³/mol. The number of sulfonamides is 1. The normalized spacial score (nSPS) is 16.7. The topological polar surface area (TPSA) is 125 Å². The first-order valence-electron chi connectivity index (χ1n) is 9.22. The van der Waals surface area contributed by atoms with Crippen LogP contribution in [-0.4, -0.2) is 52.0 Å². The van der Waals surface area contributed by atoms with Gasteiger partial charge in [-0.2, -0.15) is 0 Å². The minimum atomic E-state index is -3.59. The SMILES string of the molecule is CN=C(NCCNS(=O)(=O)c1cccnc1)NCC1CC(=O)Nc2ccccc21. The summed E-state index contributed by atoms with van der Waals surface area (Å²) in [6.45, 7) is 1.07. The summed E-state index contributed by atoms with van der Waals surface area (Å²) in [5.41, 5.74) is 1.92. The second-order valence-corrected chi connectivity index (χ2v) is 8.27. The molecule has 10 heteroatoms.